The van der Waals surface area contributed by atoms with Crippen molar-refractivity contribution in [3.63, 3.8) is 0 Å². The summed E-state index contributed by atoms with van der Waals surface area (Å²) in [5, 5.41) is 10.7. The fourth-order valence-electron chi connectivity index (χ4n) is 4.08. The van der Waals surface area contributed by atoms with E-state index in [9.17, 15) is 23.1 Å². The topological polar surface area (TPSA) is 59.0 Å². The first-order valence-electron chi connectivity index (χ1n) is 9.98. The number of alkyl halides is 3. The van der Waals surface area contributed by atoms with E-state index in [2.05, 4.69) is 0 Å². The van der Waals surface area contributed by atoms with Crippen LogP contribution in [0.15, 0.2) is 24.3 Å². The minimum Gasteiger partial charge on any atom is -0.484 e. The largest absolute Gasteiger partial charge is 0.484 e. The number of halogens is 3. The molecule has 1 aromatic carbocycles. The monoisotopic (exact) mass is 415 g/mol. The Labute approximate surface area is 168 Å². The predicted octanol–water partition coefficient (Wildman–Crippen LogP) is 4.08. The summed E-state index contributed by atoms with van der Waals surface area (Å²) < 4.78 is 47.1. The molecule has 0 unspecified atom stereocenters. The molecular formula is C21H28F3NO4. The van der Waals surface area contributed by atoms with Crippen molar-refractivity contribution in [1.29, 1.82) is 0 Å². The molecule has 8 heteroatoms. The molecule has 1 aliphatic carbocycles. The van der Waals surface area contributed by atoms with Crippen LogP contribution >= 0.6 is 0 Å². The Hall–Kier alpha value is -1.80. The number of carbonyl (C=O) groups is 1. The van der Waals surface area contributed by atoms with Gasteiger partial charge in [0.1, 0.15) is 5.75 Å². The highest BCUT2D eigenvalue weighted by molar-refractivity contribution is 6.00. The van der Waals surface area contributed by atoms with E-state index < -0.39 is 23.8 Å². The third-order valence-electron chi connectivity index (χ3n) is 5.89. The van der Waals surface area contributed by atoms with Crippen molar-refractivity contribution < 1.29 is 32.5 Å². The van der Waals surface area contributed by atoms with Crippen LogP contribution in [0.4, 0.5) is 18.9 Å². The van der Waals surface area contributed by atoms with Crippen molar-refractivity contribution in [2.75, 3.05) is 24.7 Å². The summed E-state index contributed by atoms with van der Waals surface area (Å²) in [6.45, 7) is 3.33. The molecule has 2 fully saturated rings. The lowest BCUT2D eigenvalue weighted by Crippen LogP contribution is -2.46. The van der Waals surface area contributed by atoms with Gasteiger partial charge in [-0.1, -0.05) is 0 Å². The summed E-state index contributed by atoms with van der Waals surface area (Å²) in [4.78, 5) is 14.8. The molecule has 1 saturated heterocycles. The third-order valence-corrected chi connectivity index (χ3v) is 5.89. The minimum atomic E-state index is -4.39. The Morgan fingerprint density at radius 2 is 1.72 bits per heavy atom. The number of hydrogen-bond acceptors (Lipinski definition) is 4. The number of carbonyl (C=O) groups excluding carboxylic acids is 1. The molecule has 1 aliphatic heterocycles. The number of aliphatic hydroxyl groups is 1. The molecule has 29 heavy (non-hydrogen) atoms. The minimum absolute atomic E-state index is 0.0216. The first-order chi connectivity index (χ1) is 13.5. The number of benzene rings is 1. The Morgan fingerprint density at radius 3 is 2.28 bits per heavy atom. The number of amides is 1. The second kappa shape index (κ2) is 8.14. The van der Waals surface area contributed by atoms with Gasteiger partial charge in [0.05, 0.1) is 23.7 Å². The van der Waals surface area contributed by atoms with E-state index in [-0.39, 0.29) is 24.4 Å². The summed E-state index contributed by atoms with van der Waals surface area (Å²) in [7, 11) is 0. The van der Waals surface area contributed by atoms with E-state index in [0.717, 1.165) is 0 Å². The van der Waals surface area contributed by atoms with Crippen molar-refractivity contribution >= 4 is 11.6 Å². The Balaban J connectivity index is 1.60. The molecule has 1 saturated carbocycles. The quantitative estimate of drug-likeness (QED) is 0.761. The molecule has 1 heterocycles. The third kappa shape index (κ3) is 5.22. The zero-order chi connectivity index (χ0) is 21.3. The van der Waals surface area contributed by atoms with Gasteiger partial charge in [-0.25, -0.2) is 0 Å². The van der Waals surface area contributed by atoms with Crippen LogP contribution in [-0.4, -0.2) is 48.7 Å². The maximum absolute atomic E-state index is 13.1. The molecule has 2 aliphatic rings. The molecule has 162 valence electrons. The van der Waals surface area contributed by atoms with Crippen LogP contribution in [0, 0.1) is 5.41 Å². The summed E-state index contributed by atoms with van der Waals surface area (Å²) in [5.41, 5.74) is -0.717. The average Bonchev–Trinajstić information content (AvgIpc) is 2.98. The number of hydrogen-bond donors (Lipinski definition) is 1. The van der Waals surface area contributed by atoms with Gasteiger partial charge in [0.25, 0.3) is 0 Å². The molecule has 3 rings (SSSR count). The number of ether oxygens (including phenoxy) is 2. The lowest BCUT2D eigenvalue weighted by Gasteiger charge is -2.41. The summed E-state index contributed by atoms with van der Waals surface area (Å²) in [5.74, 6) is 0.133. The molecule has 0 aromatic heterocycles. The van der Waals surface area contributed by atoms with Gasteiger partial charge in [0, 0.05) is 12.2 Å². The smallest absolute Gasteiger partial charge is 0.422 e. The lowest BCUT2D eigenvalue weighted by atomic mass is 9.68. The van der Waals surface area contributed by atoms with Crippen molar-refractivity contribution in [2.24, 2.45) is 5.41 Å². The maximum Gasteiger partial charge on any atom is 0.422 e. The van der Waals surface area contributed by atoms with Crippen LogP contribution in [0.1, 0.15) is 46.0 Å². The van der Waals surface area contributed by atoms with Crippen molar-refractivity contribution in [3.05, 3.63) is 24.3 Å². The molecule has 1 amide bonds. The van der Waals surface area contributed by atoms with E-state index in [0.29, 0.717) is 44.3 Å². The van der Waals surface area contributed by atoms with E-state index in [1.54, 1.807) is 17.0 Å². The Bertz CT molecular complexity index is 710. The van der Waals surface area contributed by atoms with Crippen LogP contribution in [0.5, 0.6) is 5.75 Å². The van der Waals surface area contributed by atoms with Gasteiger partial charge in [0.2, 0.25) is 5.91 Å². The average molecular weight is 415 g/mol. The maximum atomic E-state index is 13.1. The van der Waals surface area contributed by atoms with Crippen molar-refractivity contribution in [1.82, 2.24) is 0 Å². The van der Waals surface area contributed by atoms with Gasteiger partial charge in [-0.15, -0.1) is 0 Å². The molecule has 1 N–H and O–H groups in total. The van der Waals surface area contributed by atoms with Crippen LogP contribution in [0.2, 0.25) is 0 Å². The number of nitrogens with zero attached hydrogens (tertiary/aromatic N) is 1. The zero-order valence-corrected chi connectivity index (χ0v) is 16.8. The molecule has 5 nitrogen and oxygen atoms in total. The van der Waals surface area contributed by atoms with Crippen LogP contribution in [0.25, 0.3) is 0 Å². The second-order valence-electron chi connectivity index (χ2n) is 8.47. The Kier molecular flexibility index (Phi) is 6.15. The summed E-state index contributed by atoms with van der Waals surface area (Å²) in [6.07, 6.45) is -1.40. The molecule has 0 radical (unpaired) electrons. The van der Waals surface area contributed by atoms with Crippen LogP contribution in [-0.2, 0) is 9.53 Å². The highest BCUT2D eigenvalue weighted by Gasteiger charge is 2.51. The summed E-state index contributed by atoms with van der Waals surface area (Å²) >= 11 is 0. The zero-order valence-electron chi connectivity index (χ0n) is 16.8. The molecule has 1 spiro atoms. The van der Waals surface area contributed by atoms with Crippen molar-refractivity contribution in [3.8, 4) is 5.75 Å². The van der Waals surface area contributed by atoms with E-state index >= 15 is 0 Å². The SMILES string of the molecule is CC(C)OCC1(O)CCC2(CCN(c3ccc(OCC(F)(F)F)cc3)C2=O)CC1. The van der Waals surface area contributed by atoms with Crippen molar-refractivity contribution in [2.45, 2.75) is 63.8 Å². The molecular weight excluding hydrogens is 387 g/mol. The first kappa shape index (κ1) is 21.9. The van der Waals surface area contributed by atoms with Gasteiger partial charge in [0.15, 0.2) is 6.61 Å². The predicted molar refractivity (Wildman–Crippen MR) is 102 cm³/mol. The highest BCUT2D eigenvalue weighted by Crippen LogP contribution is 2.48. The van der Waals surface area contributed by atoms with E-state index in [4.69, 9.17) is 9.47 Å². The van der Waals surface area contributed by atoms with Crippen LogP contribution < -0.4 is 9.64 Å². The normalized spacial score (nSPS) is 27.8. The summed E-state index contributed by atoms with van der Waals surface area (Å²) in [6, 6.07) is 6.11. The van der Waals surface area contributed by atoms with Gasteiger partial charge in [-0.2, -0.15) is 13.2 Å². The van der Waals surface area contributed by atoms with Gasteiger partial charge < -0.3 is 19.5 Å². The van der Waals surface area contributed by atoms with Gasteiger partial charge in [-0.05, 0) is 70.2 Å². The number of anilines is 1. The molecule has 0 bridgehead atoms. The van der Waals surface area contributed by atoms with Crippen LogP contribution in [0.3, 0.4) is 0 Å². The first-order valence-corrected chi connectivity index (χ1v) is 9.98. The lowest BCUT2D eigenvalue weighted by molar-refractivity contribution is -0.153. The van der Waals surface area contributed by atoms with Gasteiger partial charge >= 0.3 is 6.18 Å². The molecule has 0 atom stereocenters. The number of rotatable bonds is 6. The second-order valence-corrected chi connectivity index (χ2v) is 8.47. The molecule has 1 aromatic rings. The standard InChI is InChI=1S/C21H28F3NO4/c1-15(2)28-13-20(27)9-7-19(8-10-20)11-12-25(18(19)26)16-3-5-17(6-4-16)29-14-21(22,23)24/h3-6,15,27H,7-14H2,1-2H3. The Morgan fingerprint density at radius 1 is 1.10 bits per heavy atom. The highest BCUT2D eigenvalue weighted by atomic mass is 19.4. The van der Waals surface area contributed by atoms with E-state index in [1.165, 1.54) is 12.1 Å². The fourth-order valence-corrected chi connectivity index (χ4v) is 4.08. The van der Waals surface area contributed by atoms with E-state index in [1.807, 2.05) is 13.8 Å². The fraction of sp³-hybridized carbons (Fsp3) is 0.667. The van der Waals surface area contributed by atoms with Gasteiger partial charge in [-0.3, -0.25) is 4.79 Å².